The predicted octanol–water partition coefficient (Wildman–Crippen LogP) is 1.63. The van der Waals surface area contributed by atoms with E-state index in [1.54, 1.807) is 0 Å². The highest BCUT2D eigenvalue weighted by Gasteiger charge is 2.58. The molecule has 18 heavy (non-hydrogen) atoms. The lowest BCUT2D eigenvalue weighted by atomic mass is 9.97. The summed E-state index contributed by atoms with van der Waals surface area (Å²) in [6.45, 7) is 0. The molecule has 0 bridgehead atoms. The molecule has 3 atom stereocenters. The van der Waals surface area contributed by atoms with E-state index in [0.29, 0.717) is 11.8 Å². The molecule has 4 heteroatoms. The molecule has 3 rings (SSSR count). The number of fused-ring (bicyclic) bond motifs is 1. The van der Waals surface area contributed by atoms with E-state index in [1.807, 2.05) is 0 Å². The Balaban J connectivity index is 1.66. The van der Waals surface area contributed by atoms with Crippen LogP contribution in [0.4, 0.5) is 0 Å². The van der Waals surface area contributed by atoms with Gasteiger partial charge >= 0.3 is 5.97 Å². The van der Waals surface area contributed by atoms with E-state index in [-0.39, 0.29) is 17.8 Å². The molecule has 1 amide bonds. The zero-order valence-electron chi connectivity index (χ0n) is 10.9. The Kier molecular flexibility index (Phi) is 2.83. The van der Waals surface area contributed by atoms with Gasteiger partial charge in [0.1, 0.15) is 5.54 Å². The van der Waals surface area contributed by atoms with Crippen LogP contribution in [0.2, 0.25) is 0 Å². The molecule has 3 saturated carbocycles. The van der Waals surface area contributed by atoms with Gasteiger partial charge in [0.2, 0.25) is 5.91 Å². The standard InChI is InChI=1S/C14H21NO3/c1-18-13(17)14(7-2-3-8-14)15-12(16)11-9-5-4-6-10(9)11/h9-11H,2-8H2,1H3,(H,15,16)/t9-,10+,11?. The van der Waals surface area contributed by atoms with Gasteiger partial charge in [-0.2, -0.15) is 0 Å². The Labute approximate surface area is 107 Å². The largest absolute Gasteiger partial charge is 0.467 e. The van der Waals surface area contributed by atoms with E-state index < -0.39 is 5.54 Å². The van der Waals surface area contributed by atoms with Crippen molar-refractivity contribution in [2.45, 2.75) is 50.5 Å². The van der Waals surface area contributed by atoms with Crippen LogP contribution in [0.1, 0.15) is 44.9 Å². The molecule has 1 N–H and O–H groups in total. The second-order valence-electron chi connectivity index (χ2n) is 6.05. The minimum Gasteiger partial charge on any atom is -0.467 e. The number of hydrogen-bond acceptors (Lipinski definition) is 3. The fraction of sp³-hybridized carbons (Fsp3) is 0.857. The first-order chi connectivity index (χ1) is 8.68. The molecule has 3 fully saturated rings. The normalized spacial score (nSPS) is 35.9. The maximum absolute atomic E-state index is 12.3. The minimum atomic E-state index is -0.720. The van der Waals surface area contributed by atoms with Gasteiger partial charge in [-0.05, 0) is 37.5 Å². The molecule has 4 nitrogen and oxygen atoms in total. The van der Waals surface area contributed by atoms with Crippen molar-refractivity contribution in [1.82, 2.24) is 5.32 Å². The zero-order chi connectivity index (χ0) is 12.8. The van der Waals surface area contributed by atoms with E-state index in [1.165, 1.54) is 26.4 Å². The number of carbonyl (C=O) groups is 2. The third-order valence-corrected chi connectivity index (χ3v) is 5.10. The van der Waals surface area contributed by atoms with Crippen molar-refractivity contribution in [3.05, 3.63) is 0 Å². The van der Waals surface area contributed by atoms with Gasteiger partial charge in [0.25, 0.3) is 0 Å². The van der Waals surface area contributed by atoms with Gasteiger partial charge in [-0.15, -0.1) is 0 Å². The lowest BCUT2D eigenvalue weighted by molar-refractivity contribution is -0.151. The summed E-state index contributed by atoms with van der Waals surface area (Å²) in [5.74, 6) is 1.21. The number of rotatable bonds is 3. The minimum absolute atomic E-state index is 0.0944. The summed E-state index contributed by atoms with van der Waals surface area (Å²) >= 11 is 0. The molecule has 0 radical (unpaired) electrons. The lowest BCUT2D eigenvalue weighted by Crippen LogP contribution is -2.53. The molecule has 0 spiro atoms. The highest BCUT2D eigenvalue weighted by atomic mass is 16.5. The Bertz CT molecular complexity index is 363. The van der Waals surface area contributed by atoms with Gasteiger partial charge < -0.3 is 10.1 Å². The summed E-state index contributed by atoms with van der Waals surface area (Å²) < 4.78 is 4.88. The smallest absolute Gasteiger partial charge is 0.331 e. The third kappa shape index (κ3) is 1.73. The van der Waals surface area contributed by atoms with Crippen LogP contribution in [0.15, 0.2) is 0 Å². The first-order valence-corrected chi connectivity index (χ1v) is 7.08. The highest BCUT2D eigenvalue weighted by molar-refractivity contribution is 5.90. The maximum Gasteiger partial charge on any atom is 0.331 e. The van der Waals surface area contributed by atoms with Crippen molar-refractivity contribution in [1.29, 1.82) is 0 Å². The van der Waals surface area contributed by atoms with Gasteiger partial charge in [0.05, 0.1) is 7.11 Å². The molecular formula is C14H21NO3. The fourth-order valence-electron chi connectivity index (χ4n) is 4.08. The summed E-state index contributed by atoms with van der Waals surface area (Å²) in [5, 5.41) is 3.02. The SMILES string of the molecule is COC(=O)C1(NC(=O)C2[C@H]3CCC[C@@H]23)CCCC1. The van der Waals surface area contributed by atoms with Crippen LogP contribution in [-0.2, 0) is 14.3 Å². The number of hydrogen-bond donors (Lipinski definition) is 1. The molecule has 0 aromatic rings. The molecule has 3 aliphatic rings. The van der Waals surface area contributed by atoms with Crippen LogP contribution >= 0.6 is 0 Å². The second-order valence-corrected chi connectivity index (χ2v) is 6.05. The average molecular weight is 251 g/mol. The van der Waals surface area contributed by atoms with Crippen molar-refractivity contribution >= 4 is 11.9 Å². The summed E-state index contributed by atoms with van der Waals surface area (Å²) in [4.78, 5) is 24.2. The van der Waals surface area contributed by atoms with Gasteiger partial charge in [0.15, 0.2) is 0 Å². The zero-order valence-corrected chi connectivity index (χ0v) is 10.9. The molecule has 100 valence electrons. The van der Waals surface area contributed by atoms with Crippen molar-refractivity contribution in [3.63, 3.8) is 0 Å². The first-order valence-electron chi connectivity index (χ1n) is 7.08. The Morgan fingerprint density at radius 2 is 1.72 bits per heavy atom. The van der Waals surface area contributed by atoms with Crippen LogP contribution < -0.4 is 5.32 Å². The van der Waals surface area contributed by atoms with Crippen LogP contribution in [0.5, 0.6) is 0 Å². The monoisotopic (exact) mass is 251 g/mol. The van der Waals surface area contributed by atoms with E-state index >= 15 is 0 Å². The van der Waals surface area contributed by atoms with E-state index in [2.05, 4.69) is 5.32 Å². The quantitative estimate of drug-likeness (QED) is 0.776. The molecule has 0 heterocycles. The number of carbonyl (C=O) groups excluding carboxylic acids is 2. The van der Waals surface area contributed by atoms with Crippen molar-refractivity contribution in [2.24, 2.45) is 17.8 Å². The van der Waals surface area contributed by atoms with E-state index in [9.17, 15) is 9.59 Å². The van der Waals surface area contributed by atoms with Crippen LogP contribution in [-0.4, -0.2) is 24.5 Å². The van der Waals surface area contributed by atoms with Gasteiger partial charge in [0, 0.05) is 5.92 Å². The molecule has 1 unspecified atom stereocenters. The lowest BCUT2D eigenvalue weighted by Gasteiger charge is -2.27. The summed E-state index contributed by atoms with van der Waals surface area (Å²) in [6, 6.07) is 0. The topological polar surface area (TPSA) is 55.4 Å². The highest BCUT2D eigenvalue weighted by Crippen LogP contribution is 2.57. The average Bonchev–Trinajstić information content (AvgIpc) is 2.76. The van der Waals surface area contributed by atoms with Crippen LogP contribution in [0, 0.1) is 17.8 Å². The maximum atomic E-state index is 12.3. The Morgan fingerprint density at radius 1 is 1.11 bits per heavy atom. The fourth-order valence-corrected chi connectivity index (χ4v) is 4.08. The van der Waals surface area contributed by atoms with Crippen molar-refractivity contribution in [2.75, 3.05) is 7.11 Å². The number of ether oxygens (including phenoxy) is 1. The van der Waals surface area contributed by atoms with Gasteiger partial charge in [-0.3, -0.25) is 4.79 Å². The summed E-state index contributed by atoms with van der Waals surface area (Å²) in [5.41, 5.74) is -0.720. The predicted molar refractivity (Wildman–Crippen MR) is 65.7 cm³/mol. The summed E-state index contributed by atoms with van der Waals surface area (Å²) in [7, 11) is 1.40. The molecule has 0 aliphatic heterocycles. The van der Waals surface area contributed by atoms with Gasteiger partial charge in [-0.1, -0.05) is 19.3 Å². The van der Waals surface area contributed by atoms with Crippen LogP contribution in [0.25, 0.3) is 0 Å². The van der Waals surface area contributed by atoms with E-state index in [0.717, 1.165) is 25.7 Å². The summed E-state index contributed by atoms with van der Waals surface area (Å²) in [6.07, 6.45) is 7.09. The number of amides is 1. The Hall–Kier alpha value is -1.06. The van der Waals surface area contributed by atoms with Crippen molar-refractivity contribution < 1.29 is 14.3 Å². The number of nitrogens with one attached hydrogen (secondary N) is 1. The van der Waals surface area contributed by atoms with E-state index in [4.69, 9.17) is 4.74 Å². The van der Waals surface area contributed by atoms with Crippen LogP contribution in [0.3, 0.4) is 0 Å². The Morgan fingerprint density at radius 3 is 2.28 bits per heavy atom. The third-order valence-electron chi connectivity index (χ3n) is 5.10. The molecule has 0 saturated heterocycles. The first kappa shape index (κ1) is 12.0. The van der Waals surface area contributed by atoms with Crippen molar-refractivity contribution in [3.8, 4) is 0 Å². The molecule has 3 aliphatic carbocycles. The molecule has 0 aromatic heterocycles. The second kappa shape index (κ2) is 4.25. The molecular weight excluding hydrogens is 230 g/mol. The van der Waals surface area contributed by atoms with Gasteiger partial charge in [-0.25, -0.2) is 4.79 Å². The number of esters is 1. The number of methoxy groups -OCH3 is 1. The molecule has 0 aromatic carbocycles.